The molecule has 0 fully saturated rings. The number of carbonyl (C=O) groups excluding carboxylic acids is 1. The lowest BCUT2D eigenvalue weighted by Gasteiger charge is -2.02. The predicted octanol–water partition coefficient (Wildman–Crippen LogP) is 4.37. The van der Waals surface area contributed by atoms with Crippen LogP contribution >= 0.6 is 11.3 Å². The Morgan fingerprint density at radius 1 is 1.22 bits per heavy atom. The van der Waals surface area contributed by atoms with E-state index in [9.17, 15) is 4.79 Å². The van der Waals surface area contributed by atoms with Gasteiger partial charge in [0.05, 0.1) is 18.5 Å². The molecule has 0 radical (unpaired) electrons. The quantitative estimate of drug-likeness (QED) is 0.506. The van der Waals surface area contributed by atoms with Gasteiger partial charge >= 0.3 is 0 Å². The first-order valence-electron chi connectivity index (χ1n) is 8.34. The number of hydrogen-bond donors (Lipinski definition) is 2. The number of anilines is 1. The van der Waals surface area contributed by atoms with Gasteiger partial charge in [-0.1, -0.05) is 0 Å². The highest BCUT2D eigenvalue weighted by atomic mass is 32.1. The van der Waals surface area contributed by atoms with Crippen LogP contribution in [0.15, 0.2) is 45.9 Å². The van der Waals surface area contributed by atoms with E-state index in [1.165, 1.54) is 11.3 Å². The molecule has 0 bridgehead atoms. The molecule has 0 unspecified atom stereocenters. The summed E-state index contributed by atoms with van der Waals surface area (Å²) in [6, 6.07) is 11.3. The summed E-state index contributed by atoms with van der Waals surface area (Å²) in [6.07, 6.45) is 0. The fourth-order valence-corrected chi connectivity index (χ4v) is 3.69. The van der Waals surface area contributed by atoms with Crippen molar-refractivity contribution in [3.8, 4) is 16.2 Å². The lowest BCUT2D eigenvalue weighted by molar-refractivity contribution is 0.0959. The standard InChI is InChI=1S/C20H21N3O3S/c1-11-9-16(13(3)26-11)12(2)22-23-20(24)19-17(21)10-18(27-19)14-5-7-15(25-4)8-6-14/h5-10H,21H2,1-4H3,(H,23,24)/b22-12-. The summed E-state index contributed by atoms with van der Waals surface area (Å²) >= 11 is 1.32. The molecule has 27 heavy (non-hydrogen) atoms. The van der Waals surface area contributed by atoms with Crippen LogP contribution in [0.5, 0.6) is 5.75 Å². The Morgan fingerprint density at radius 3 is 2.52 bits per heavy atom. The Hall–Kier alpha value is -3.06. The van der Waals surface area contributed by atoms with Gasteiger partial charge in [0.15, 0.2) is 0 Å². The summed E-state index contributed by atoms with van der Waals surface area (Å²) in [7, 11) is 1.62. The van der Waals surface area contributed by atoms with Crippen molar-refractivity contribution in [2.75, 3.05) is 12.8 Å². The maximum absolute atomic E-state index is 12.5. The molecule has 0 saturated carbocycles. The number of nitrogens with two attached hydrogens (primary N) is 1. The first-order chi connectivity index (χ1) is 12.9. The van der Waals surface area contributed by atoms with Crippen LogP contribution in [-0.4, -0.2) is 18.7 Å². The SMILES string of the molecule is COc1ccc(-c2cc(N)c(C(=O)N/N=C(/C)c3cc(C)oc3C)s2)cc1. The van der Waals surface area contributed by atoms with Crippen LogP contribution in [0, 0.1) is 13.8 Å². The molecule has 1 amide bonds. The molecule has 0 saturated heterocycles. The predicted molar refractivity (Wildman–Crippen MR) is 109 cm³/mol. The van der Waals surface area contributed by atoms with Crippen molar-refractivity contribution in [1.82, 2.24) is 5.43 Å². The van der Waals surface area contributed by atoms with Crippen molar-refractivity contribution >= 4 is 28.6 Å². The van der Waals surface area contributed by atoms with E-state index >= 15 is 0 Å². The Kier molecular flexibility index (Phi) is 5.32. The molecule has 7 heteroatoms. The molecule has 0 spiro atoms. The summed E-state index contributed by atoms with van der Waals surface area (Å²) in [6.45, 7) is 5.55. The second-order valence-electron chi connectivity index (χ2n) is 6.09. The number of hydrazone groups is 1. The number of amides is 1. The third-order valence-electron chi connectivity index (χ3n) is 4.10. The number of nitrogens with one attached hydrogen (secondary N) is 1. The number of aryl methyl sites for hydroxylation is 2. The van der Waals surface area contributed by atoms with Crippen molar-refractivity contribution in [3.63, 3.8) is 0 Å². The zero-order valence-electron chi connectivity index (χ0n) is 15.6. The molecule has 0 atom stereocenters. The summed E-state index contributed by atoms with van der Waals surface area (Å²) in [5.74, 6) is 2.00. The lowest BCUT2D eigenvalue weighted by atomic mass is 10.2. The number of furan rings is 1. The van der Waals surface area contributed by atoms with Gasteiger partial charge in [0.1, 0.15) is 22.1 Å². The van der Waals surface area contributed by atoms with Gasteiger partial charge in [0.25, 0.3) is 5.91 Å². The smallest absolute Gasteiger partial charge is 0.283 e. The average Bonchev–Trinajstić information content (AvgIpc) is 3.21. The molecule has 0 aliphatic rings. The zero-order chi connectivity index (χ0) is 19.6. The van der Waals surface area contributed by atoms with Crippen LogP contribution in [0.25, 0.3) is 10.4 Å². The fourth-order valence-electron chi connectivity index (χ4n) is 2.72. The lowest BCUT2D eigenvalue weighted by Crippen LogP contribution is -2.19. The molecule has 3 aromatic rings. The normalized spacial score (nSPS) is 11.5. The largest absolute Gasteiger partial charge is 0.497 e. The maximum Gasteiger partial charge on any atom is 0.283 e. The Morgan fingerprint density at radius 2 is 1.93 bits per heavy atom. The number of nitrogen functional groups attached to an aromatic ring is 1. The monoisotopic (exact) mass is 383 g/mol. The second kappa shape index (κ2) is 7.67. The topological polar surface area (TPSA) is 89.8 Å². The van der Waals surface area contributed by atoms with Gasteiger partial charge in [-0.3, -0.25) is 4.79 Å². The minimum absolute atomic E-state index is 0.338. The molecule has 0 aliphatic heterocycles. The molecular formula is C20H21N3O3S. The summed E-state index contributed by atoms with van der Waals surface area (Å²) in [5.41, 5.74) is 11.5. The summed E-state index contributed by atoms with van der Waals surface area (Å²) < 4.78 is 10.7. The van der Waals surface area contributed by atoms with E-state index in [0.29, 0.717) is 16.3 Å². The number of ether oxygens (including phenoxy) is 1. The van der Waals surface area contributed by atoms with Crippen LogP contribution in [0.1, 0.15) is 33.7 Å². The fraction of sp³-hybridized carbons (Fsp3) is 0.200. The molecule has 3 rings (SSSR count). The third-order valence-corrected chi connectivity index (χ3v) is 5.30. The number of carbonyl (C=O) groups is 1. The Labute approximate surface area is 161 Å². The van der Waals surface area contributed by atoms with Gasteiger partial charge in [-0.15, -0.1) is 11.3 Å². The van der Waals surface area contributed by atoms with E-state index in [1.54, 1.807) is 13.2 Å². The Balaban J connectivity index is 1.78. The highest BCUT2D eigenvalue weighted by Gasteiger charge is 2.16. The molecule has 140 valence electrons. The van der Waals surface area contributed by atoms with Gasteiger partial charge in [0.2, 0.25) is 0 Å². The highest BCUT2D eigenvalue weighted by Crippen LogP contribution is 2.34. The van der Waals surface area contributed by atoms with Crippen LogP contribution < -0.4 is 15.9 Å². The average molecular weight is 383 g/mol. The molecule has 1 aromatic carbocycles. The van der Waals surface area contributed by atoms with E-state index in [1.807, 2.05) is 51.1 Å². The number of nitrogens with zero attached hydrogens (tertiary/aromatic N) is 1. The van der Waals surface area contributed by atoms with Gasteiger partial charge < -0.3 is 14.9 Å². The van der Waals surface area contributed by atoms with E-state index in [-0.39, 0.29) is 5.91 Å². The first kappa shape index (κ1) is 18.7. The maximum atomic E-state index is 12.5. The molecule has 0 aliphatic carbocycles. The van der Waals surface area contributed by atoms with Gasteiger partial charge in [-0.05, 0) is 62.7 Å². The van der Waals surface area contributed by atoms with E-state index < -0.39 is 0 Å². The summed E-state index contributed by atoms with van der Waals surface area (Å²) in [5, 5.41) is 4.18. The van der Waals surface area contributed by atoms with E-state index in [2.05, 4.69) is 10.5 Å². The van der Waals surface area contributed by atoms with Crippen LogP contribution in [0.2, 0.25) is 0 Å². The van der Waals surface area contributed by atoms with Crippen molar-refractivity contribution < 1.29 is 13.9 Å². The number of methoxy groups -OCH3 is 1. The van der Waals surface area contributed by atoms with Crippen molar-refractivity contribution in [2.24, 2.45) is 5.10 Å². The van der Waals surface area contributed by atoms with E-state index in [0.717, 1.165) is 33.3 Å². The third kappa shape index (κ3) is 4.03. The van der Waals surface area contributed by atoms with Gasteiger partial charge in [-0.2, -0.15) is 5.10 Å². The molecule has 2 aromatic heterocycles. The second-order valence-corrected chi connectivity index (χ2v) is 7.14. The van der Waals surface area contributed by atoms with Gasteiger partial charge in [0, 0.05) is 10.4 Å². The van der Waals surface area contributed by atoms with E-state index in [4.69, 9.17) is 14.9 Å². The van der Waals surface area contributed by atoms with Crippen LogP contribution in [-0.2, 0) is 0 Å². The molecule has 6 nitrogen and oxygen atoms in total. The highest BCUT2D eigenvalue weighted by molar-refractivity contribution is 7.18. The zero-order valence-corrected chi connectivity index (χ0v) is 16.4. The molecule has 3 N–H and O–H groups in total. The minimum atomic E-state index is -0.338. The molecular weight excluding hydrogens is 362 g/mol. The number of rotatable bonds is 5. The van der Waals surface area contributed by atoms with Crippen molar-refractivity contribution in [2.45, 2.75) is 20.8 Å². The van der Waals surface area contributed by atoms with Crippen LogP contribution in [0.4, 0.5) is 5.69 Å². The van der Waals surface area contributed by atoms with Crippen molar-refractivity contribution in [3.05, 3.63) is 58.4 Å². The first-order valence-corrected chi connectivity index (χ1v) is 9.16. The summed E-state index contributed by atoms with van der Waals surface area (Å²) in [4.78, 5) is 13.8. The minimum Gasteiger partial charge on any atom is -0.497 e. The Bertz CT molecular complexity index is 1000. The van der Waals surface area contributed by atoms with Gasteiger partial charge in [-0.25, -0.2) is 5.43 Å². The van der Waals surface area contributed by atoms with Crippen LogP contribution in [0.3, 0.4) is 0 Å². The number of hydrogen-bond acceptors (Lipinski definition) is 6. The van der Waals surface area contributed by atoms with Crippen molar-refractivity contribution in [1.29, 1.82) is 0 Å². The molecule has 2 heterocycles. The number of thiophene rings is 1. The number of benzene rings is 1.